The molecule has 13 heteroatoms. The number of amides is 2. The van der Waals surface area contributed by atoms with Crippen LogP contribution in [0.3, 0.4) is 0 Å². The van der Waals surface area contributed by atoms with Gasteiger partial charge in [-0.25, -0.2) is 9.78 Å². The van der Waals surface area contributed by atoms with Gasteiger partial charge in [0.15, 0.2) is 5.13 Å². The van der Waals surface area contributed by atoms with Crippen LogP contribution in [0.25, 0.3) is 5.57 Å². The highest BCUT2D eigenvalue weighted by Gasteiger charge is 2.54. The number of hydrogen-bond donors (Lipinski definition) is 3. The first-order valence-corrected chi connectivity index (χ1v) is 11.3. The first-order valence-electron chi connectivity index (χ1n) is 9.38. The SMILES string of the molecule is CC(=O)OCC1=C(C(=O)O)N2C(=O)C(NC(=O)/C(=C3/CC=CO3)c3csc(N)n3)[C@H]2SC1. The van der Waals surface area contributed by atoms with Crippen LogP contribution in [0.4, 0.5) is 5.13 Å². The normalized spacial score (nSPS) is 23.3. The number of nitrogens with two attached hydrogens (primary N) is 1. The summed E-state index contributed by atoms with van der Waals surface area (Å²) in [6.45, 7) is 0.995. The summed E-state index contributed by atoms with van der Waals surface area (Å²) >= 11 is 2.44. The van der Waals surface area contributed by atoms with Crippen LogP contribution in [0.15, 0.2) is 34.7 Å². The number of nitrogens with zero attached hydrogens (tertiary/aromatic N) is 2. The monoisotopic (exact) mass is 478 g/mol. The number of thioether (sulfide) groups is 1. The van der Waals surface area contributed by atoms with Crippen molar-refractivity contribution in [1.82, 2.24) is 15.2 Å². The molecule has 4 rings (SSSR count). The van der Waals surface area contributed by atoms with Crippen molar-refractivity contribution in [3.63, 3.8) is 0 Å². The maximum Gasteiger partial charge on any atom is 0.352 e. The number of aromatic nitrogens is 1. The van der Waals surface area contributed by atoms with Crippen LogP contribution in [0.1, 0.15) is 19.0 Å². The van der Waals surface area contributed by atoms with Crippen molar-refractivity contribution in [2.24, 2.45) is 0 Å². The molecule has 1 aromatic heterocycles. The van der Waals surface area contributed by atoms with Crippen molar-refractivity contribution >= 4 is 57.6 Å². The van der Waals surface area contributed by atoms with Crippen LogP contribution in [0, 0.1) is 0 Å². The molecule has 0 saturated carbocycles. The van der Waals surface area contributed by atoms with Crippen molar-refractivity contribution in [1.29, 1.82) is 0 Å². The third-order valence-corrected chi connectivity index (χ3v) is 6.89. The van der Waals surface area contributed by atoms with E-state index in [4.69, 9.17) is 15.2 Å². The molecule has 2 atom stereocenters. The summed E-state index contributed by atoms with van der Waals surface area (Å²) in [6, 6.07) is -0.932. The molecule has 4 heterocycles. The lowest BCUT2D eigenvalue weighted by Crippen LogP contribution is -2.70. The minimum absolute atomic E-state index is 0.166. The lowest BCUT2D eigenvalue weighted by Gasteiger charge is -2.49. The Hall–Kier alpha value is -3.32. The number of carbonyl (C=O) groups is 4. The zero-order valence-electron chi connectivity index (χ0n) is 16.7. The molecule has 168 valence electrons. The van der Waals surface area contributed by atoms with Crippen LogP contribution in [0.2, 0.25) is 0 Å². The molecular weight excluding hydrogens is 460 g/mol. The number of ether oxygens (including phenoxy) is 2. The number of rotatable bonds is 6. The van der Waals surface area contributed by atoms with Gasteiger partial charge in [-0.2, -0.15) is 0 Å². The summed E-state index contributed by atoms with van der Waals surface area (Å²) in [4.78, 5) is 54.1. The van der Waals surface area contributed by atoms with Crippen molar-refractivity contribution < 1.29 is 33.8 Å². The Balaban J connectivity index is 1.55. The number of carboxylic acids is 1. The fourth-order valence-corrected chi connectivity index (χ4v) is 5.36. The van der Waals surface area contributed by atoms with E-state index in [0.717, 1.165) is 4.90 Å². The molecule has 32 heavy (non-hydrogen) atoms. The molecule has 3 aliphatic rings. The molecule has 11 nitrogen and oxygen atoms in total. The van der Waals surface area contributed by atoms with Gasteiger partial charge in [-0.05, 0) is 6.08 Å². The molecule has 2 amide bonds. The second-order valence-corrected chi connectivity index (χ2v) is 8.96. The third-order valence-electron chi connectivity index (χ3n) is 4.88. The molecule has 0 radical (unpaired) electrons. The van der Waals surface area contributed by atoms with Crippen molar-refractivity contribution in [3.05, 3.63) is 40.4 Å². The van der Waals surface area contributed by atoms with E-state index in [0.29, 0.717) is 23.4 Å². The molecule has 1 saturated heterocycles. The van der Waals surface area contributed by atoms with Crippen LogP contribution >= 0.6 is 23.1 Å². The average molecular weight is 479 g/mol. The number of hydrogen-bond acceptors (Lipinski definition) is 10. The summed E-state index contributed by atoms with van der Waals surface area (Å²) in [5.41, 5.74) is 6.30. The number of carbonyl (C=O) groups excluding carboxylic acids is 3. The second kappa shape index (κ2) is 8.67. The summed E-state index contributed by atoms with van der Waals surface area (Å²) < 4.78 is 10.3. The molecular formula is C19H18N4O7S2. The highest BCUT2D eigenvalue weighted by Crippen LogP contribution is 2.41. The first kappa shape index (κ1) is 21.9. The fourth-order valence-electron chi connectivity index (χ4n) is 3.48. The summed E-state index contributed by atoms with van der Waals surface area (Å²) in [7, 11) is 0. The number of nitrogens with one attached hydrogen (secondary N) is 1. The minimum atomic E-state index is -1.30. The number of carboxylic acid groups (broad SMARTS) is 1. The summed E-state index contributed by atoms with van der Waals surface area (Å²) in [5.74, 6) is -2.38. The van der Waals surface area contributed by atoms with Crippen molar-refractivity contribution in [2.45, 2.75) is 24.8 Å². The molecule has 0 bridgehead atoms. The summed E-state index contributed by atoms with van der Waals surface area (Å²) in [6.07, 6.45) is 3.58. The number of esters is 1. The highest BCUT2D eigenvalue weighted by molar-refractivity contribution is 8.00. The number of aliphatic carboxylic acids is 1. The lowest BCUT2D eigenvalue weighted by atomic mass is 10.0. The molecule has 0 aromatic carbocycles. The molecule has 0 aliphatic carbocycles. The number of anilines is 1. The molecule has 1 aromatic rings. The van der Waals surface area contributed by atoms with Crippen molar-refractivity contribution in [2.75, 3.05) is 18.1 Å². The highest BCUT2D eigenvalue weighted by atomic mass is 32.2. The van der Waals surface area contributed by atoms with Crippen LogP contribution in [-0.4, -0.2) is 62.5 Å². The predicted octanol–water partition coefficient (Wildman–Crippen LogP) is 0.672. The van der Waals surface area contributed by atoms with Gasteiger partial charge in [0, 0.05) is 30.1 Å². The molecule has 1 fully saturated rings. The van der Waals surface area contributed by atoms with Gasteiger partial charge in [0.05, 0.1) is 12.0 Å². The van der Waals surface area contributed by atoms with E-state index in [2.05, 4.69) is 10.3 Å². The van der Waals surface area contributed by atoms with Gasteiger partial charge in [0.25, 0.3) is 11.8 Å². The van der Waals surface area contributed by atoms with Crippen LogP contribution in [0.5, 0.6) is 0 Å². The smallest absolute Gasteiger partial charge is 0.352 e. The molecule has 1 unspecified atom stereocenters. The zero-order chi connectivity index (χ0) is 23.0. The zero-order valence-corrected chi connectivity index (χ0v) is 18.3. The molecule has 0 spiro atoms. The average Bonchev–Trinajstić information content (AvgIpc) is 3.42. The Kier molecular flexibility index (Phi) is 5.93. The number of allylic oxidation sites excluding steroid dienone is 1. The largest absolute Gasteiger partial charge is 0.477 e. The number of thiazole rings is 1. The first-order chi connectivity index (χ1) is 15.3. The van der Waals surface area contributed by atoms with E-state index in [9.17, 15) is 24.3 Å². The lowest BCUT2D eigenvalue weighted by molar-refractivity contribution is -0.150. The van der Waals surface area contributed by atoms with E-state index < -0.39 is 35.2 Å². The van der Waals surface area contributed by atoms with Crippen LogP contribution in [-0.2, 0) is 28.7 Å². The van der Waals surface area contributed by atoms with Gasteiger partial charge in [-0.3, -0.25) is 19.3 Å². The number of β-lactam (4-membered cyclic amide) rings is 1. The fraction of sp³-hybridized carbons (Fsp3) is 0.316. The summed E-state index contributed by atoms with van der Waals surface area (Å²) in [5, 5.41) is 13.6. The van der Waals surface area contributed by atoms with Gasteiger partial charge in [0.1, 0.15) is 35.1 Å². The topological polar surface area (TPSA) is 161 Å². The molecule has 3 aliphatic heterocycles. The quantitative estimate of drug-likeness (QED) is 0.301. The Labute approximate surface area is 189 Å². The third kappa shape index (κ3) is 3.96. The van der Waals surface area contributed by atoms with Gasteiger partial charge in [0.2, 0.25) is 0 Å². The standard InChI is InChI=1S/C19H18N4O7S2/c1-8(24)30-5-9-6-31-17-13(16(26)23(17)14(9)18(27)28)22-15(25)12(11-3-2-4-29-11)10-7-32-19(20)21-10/h2,4,7,13,17H,3,5-6H2,1H3,(H2,20,21)(H,22,25)(H,27,28)/b12-11-/t13?,17-/m1/s1. The van der Waals surface area contributed by atoms with Crippen molar-refractivity contribution in [3.8, 4) is 0 Å². The van der Waals surface area contributed by atoms with E-state index in [1.54, 1.807) is 11.5 Å². The Morgan fingerprint density at radius 2 is 2.22 bits per heavy atom. The number of nitrogen functional groups attached to an aromatic ring is 1. The second-order valence-electron chi connectivity index (χ2n) is 6.96. The van der Waals surface area contributed by atoms with E-state index >= 15 is 0 Å². The minimum Gasteiger partial charge on any atom is -0.477 e. The Bertz CT molecular complexity index is 1100. The van der Waals surface area contributed by atoms with E-state index in [1.165, 1.54) is 36.3 Å². The van der Waals surface area contributed by atoms with E-state index in [1.807, 2.05) is 0 Å². The predicted molar refractivity (Wildman–Crippen MR) is 115 cm³/mol. The van der Waals surface area contributed by atoms with Gasteiger partial charge < -0.3 is 25.6 Å². The maximum absolute atomic E-state index is 13.1. The van der Waals surface area contributed by atoms with Gasteiger partial charge in [-0.15, -0.1) is 23.1 Å². The Morgan fingerprint density at radius 3 is 2.81 bits per heavy atom. The molecule has 4 N–H and O–H groups in total. The number of fused-ring (bicyclic) bond motifs is 1. The van der Waals surface area contributed by atoms with Crippen LogP contribution < -0.4 is 11.1 Å². The maximum atomic E-state index is 13.1. The Morgan fingerprint density at radius 1 is 1.44 bits per heavy atom. The van der Waals surface area contributed by atoms with Gasteiger partial charge in [-0.1, -0.05) is 0 Å². The van der Waals surface area contributed by atoms with Gasteiger partial charge >= 0.3 is 11.9 Å². The van der Waals surface area contributed by atoms with E-state index in [-0.39, 0.29) is 28.8 Å².